The Balaban J connectivity index is 0.000000479. The van der Waals surface area contributed by atoms with E-state index in [2.05, 4.69) is 15.6 Å². The number of carbonyl (C=O) groups excluding carboxylic acids is 2. The monoisotopic (exact) mass is 478 g/mol. The van der Waals surface area contributed by atoms with Crippen LogP contribution in [0.25, 0.3) is 0 Å². The van der Waals surface area contributed by atoms with E-state index in [4.69, 9.17) is 15.0 Å². The Morgan fingerprint density at radius 1 is 1.18 bits per heavy atom. The first-order valence-electron chi connectivity index (χ1n) is 9.89. The van der Waals surface area contributed by atoms with Crippen LogP contribution in [0.5, 0.6) is 0 Å². The number of nitrogens with zero attached hydrogens (tertiary/aromatic N) is 2. The fourth-order valence-corrected chi connectivity index (χ4v) is 3.37. The molecule has 3 rings (SSSR count). The molecule has 0 aliphatic carbocycles. The Kier molecular flexibility index (Phi) is 8.54. The van der Waals surface area contributed by atoms with Crippen molar-refractivity contribution in [3.63, 3.8) is 0 Å². The van der Waals surface area contributed by atoms with Crippen molar-refractivity contribution in [2.24, 2.45) is 5.92 Å². The molecule has 0 saturated carbocycles. The maximum absolute atomic E-state index is 14.5. The maximum atomic E-state index is 14.5. The van der Waals surface area contributed by atoms with Gasteiger partial charge in [0.15, 0.2) is 11.6 Å². The van der Waals surface area contributed by atoms with Gasteiger partial charge in [0.1, 0.15) is 6.04 Å². The lowest BCUT2D eigenvalue weighted by atomic mass is 9.93. The summed E-state index contributed by atoms with van der Waals surface area (Å²) in [5.41, 5.74) is 0.376. The number of alkyl halides is 3. The third kappa shape index (κ3) is 7.88. The first kappa shape index (κ1) is 25.8. The number of piperidine rings is 2. The summed E-state index contributed by atoms with van der Waals surface area (Å²) in [6.45, 7) is 1.11. The lowest BCUT2D eigenvalue weighted by Crippen LogP contribution is -2.47. The molecule has 0 bridgehead atoms. The number of hydrogen-bond donors (Lipinski definition) is 4. The van der Waals surface area contributed by atoms with Gasteiger partial charge in [-0.15, -0.1) is 0 Å². The zero-order valence-corrected chi connectivity index (χ0v) is 17.2. The second-order valence-electron chi connectivity index (χ2n) is 7.51. The average Bonchev–Trinajstić information content (AvgIpc) is 2.70. The summed E-state index contributed by atoms with van der Waals surface area (Å²) >= 11 is 0. The topological polar surface area (TPSA) is 149 Å². The lowest BCUT2D eigenvalue weighted by molar-refractivity contribution is -0.192. The maximum Gasteiger partial charge on any atom is 0.490 e. The smallest absolute Gasteiger partial charge is 0.481 e. The summed E-state index contributed by atoms with van der Waals surface area (Å²) in [4.78, 5) is 48.6. The van der Waals surface area contributed by atoms with Crippen molar-refractivity contribution in [2.75, 3.05) is 23.3 Å². The highest BCUT2D eigenvalue weighted by atomic mass is 19.4. The molecule has 2 fully saturated rings. The molecule has 182 valence electrons. The molecule has 0 aromatic carbocycles. The summed E-state index contributed by atoms with van der Waals surface area (Å²) in [5.74, 6) is -4.46. The zero-order chi connectivity index (χ0) is 24.8. The fraction of sp³-hybridized carbons (Fsp3) is 0.526. The van der Waals surface area contributed by atoms with Crippen molar-refractivity contribution < 1.29 is 47.0 Å². The van der Waals surface area contributed by atoms with Crippen molar-refractivity contribution in [1.29, 1.82) is 0 Å². The van der Waals surface area contributed by atoms with Gasteiger partial charge in [-0.05, 0) is 25.2 Å². The van der Waals surface area contributed by atoms with Gasteiger partial charge in [-0.2, -0.15) is 13.2 Å². The highest BCUT2D eigenvalue weighted by molar-refractivity contribution is 6.01. The molecular formula is C19H22F4N4O6. The van der Waals surface area contributed by atoms with E-state index < -0.39 is 35.9 Å². The number of imide groups is 1. The number of pyridine rings is 1. The SMILES string of the molecule is O=C(O)C(F)(F)F.O=C(O)CC1CCN(c2ncc(NC3CCC(=O)NC3=O)cc2F)CC1. The number of hydrogen-bond acceptors (Lipinski definition) is 7. The van der Waals surface area contributed by atoms with E-state index in [0.717, 1.165) is 0 Å². The number of amides is 2. The largest absolute Gasteiger partial charge is 0.490 e. The summed E-state index contributed by atoms with van der Waals surface area (Å²) < 4.78 is 46.2. The van der Waals surface area contributed by atoms with E-state index in [1.165, 1.54) is 12.3 Å². The highest BCUT2D eigenvalue weighted by Gasteiger charge is 2.38. The Hall–Kier alpha value is -3.45. The molecule has 2 aliphatic heterocycles. The van der Waals surface area contributed by atoms with Crippen LogP contribution in [0.15, 0.2) is 12.3 Å². The van der Waals surface area contributed by atoms with Crippen molar-refractivity contribution in [2.45, 2.75) is 44.3 Å². The van der Waals surface area contributed by atoms with Gasteiger partial charge in [-0.1, -0.05) is 0 Å². The van der Waals surface area contributed by atoms with Crippen molar-refractivity contribution >= 4 is 35.3 Å². The van der Waals surface area contributed by atoms with Gasteiger partial charge in [0, 0.05) is 32.0 Å². The number of halogens is 4. The van der Waals surface area contributed by atoms with E-state index in [1.807, 2.05) is 4.90 Å². The molecule has 14 heteroatoms. The van der Waals surface area contributed by atoms with Crippen molar-refractivity contribution in [3.8, 4) is 0 Å². The molecule has 1 atom stereocenters. The molecule has 4 N–H and O–H groups in total. The van der Waals surface area contributed by atoms with E-state index in [1.54, 1.807) is 0 Å². The molecule has 0 spiro atoms. The predicted octanol–water partition coefficient (Wildman–Crippen LogP) is 1.76. The van der Waals surface area contributed by atoms with Crippen LogP contribution >= 0.6 is 0 Å². The van der Waals surface area contributed by atoms with Gasteiger partial charge in [0.05, 0.1) is 11.9 Å². The third-order valence-corrected chi connectivity index (χ3v) is 5.02. The van der Waals surface area contributed by atoms with Gasteiger partial charge >= 0.3 is 18.1 Å². The highest BCUT2D eigenvalue weighted by Crippen LogP contribution is 2.27. The van der Waals surface area contributed by atoms with E-state index in [9.17, 15) is 31.9 Å². The Morgan fingerprint density at radius 3 is 2.27 bits per heavy atom. The fourth-order valence-electron chi connectivity index (χ4n) is 3.37. The lowest BCUT2D eigenvalue weighted by Gasteiger charge is -2.32. The normalized spacial score (nSPS) is 19.3. The molecule has 0 radical (unpaired) electrons. The molecule has 2 aliphatic rings. The van der Waals surface area contributed by atoms with Crippen LogP contribution in [0, 0.1) is 11.7 Å². The first-order valence-corrected chi connectivity index (χ1v) is 9.89. The minimum atomic E-state index is -5.08. The Bertz CT molecular complexity index is 903. The van der Waals surface area contributed by atoms with Crippen LogP contribution < -0.4 is 15.5 Å². The molecule has 3 heterocycles. The van der Waals surface area contributed by atoms with E-state index in [0.29, 0.717) is 38.0 Å². The number of carboxylic acid groups (broad SMARTS) is 2. The number of carbonyl (C=O) groups is 4. The predicted molar refractivity (Wildman–Crippen MR) is 105 cm³/mol. The van der Waals surface area contributed by atoms with Crippen LogP contribution in [-0.4, -0.2) is 64.3 Å². The van der Waals surface area contributed by atoms with Crippen LogP contribution in [0.3, 0.4) is 0 Å². The summed E-state index contributed by atoms with van der Waals surface area (Å²) in [5, 5.41) is 21.1. The zero-order valence-electron chi connectivity index (χ0n) is 17.2. The number of nitrogens with one attached hydrogen (secondary N) is 2. The molecule has 33 heavy (non-hydrogen) atoms. The molecular weight excluding hydrogens is 456 g/mol. The van der Waals surface area contributed by atoms with E-state index in [-0.39, 0.29) is 30.5 Å². The standard InChI is InChI=1S/C17H21FN4O4.C2HF3O2/c18-12-8-11(20-13-1-2-14(23)21-17(13)26)9-19-16(12)22-5-3-10(4-6-22)7-15(24)25;3-2(4,5)1(6)7/h8-10,13,20H,1-7H2,(H,24,25)(H,21,23,26);(H,6,7). The van der Waals surface area contributed by atoms with E-state index >= 15 is 0 Å². The molecule has 2 saturated heterocycles. The van der Waals surface area contributed by atoms with Crippen molar-refractivity contribution in [3.05, 3.63) is 18.1 Å². The van der Waals surface area contributed by atoms with Gasteiger partial charge in [0.2, 0.25) is 11.8 Å². The molecule has 10 nitrogen and oxygen atoms in total. The first-order chi connectivity index (χ1) is 15.4. The third-order valence-electron chi connectivity index (χ3n) is 5.02. The minimum absolute atomic E-state index is 0.111. The van der Waals surface area contributed by atoms with Gasteiger partial charge in [-0.25, -0.2) is 14.2 Å². The van der Waals surface area contributed by atoms with Crippen molar-refractivity contribution in [1.82, 2.24) is 10.3 Å². The van der Waals surface area contributed by atoms with Gasteiger partial charge < -0.3 is 20.4 Å². The molecule has 1 unspecified atom stereocenters. The number of aromatic nitrogens is 1. The van der Waals surface area contributed by atoms with Gasteiger partial charge in [0.25, 0.3) is 0 Å². The average molecular weight is 478 g/mol. The number of aliphatic carboxylic acids is 2. The van der Waals surface area contributed by atoms with Crippen LogP contribution in [0.4, 0.5) is 29.1 Å². The Labute approximate surface area is 185 Å². The van der Waals surface area contributed by atoms with Gasteiger partial charge in [-0.3, -0.25) is 19.7 Å². The molecule has 1 aromatic heterocycles. The summed E-state index contributed by atoms with van der Waals surface area (Å²) in [7, 11) is 0. The minimum Gasteiger partial charge on any atom is -0.481 e. The van der Waals surface area contributed by atoms with Crippen LogP contribution in [-0.2, 0) is 19.2 Å². The summed E-state index contributed by atoms with van der Waals surface area (Å²) in [6.07, 6.45) is -1.52. The number of carboxylic acids is 2. The molecule has 2 amide bonds. The second kappa shape index (κ2) is 10.9. The Morgan fingerprint density at radius 2 is 1.79 bits per heavy atom. The summed E-state index contributed by atoms with van der Waals surface area (Å²) in [6, 6.07) is 0.696. The van der Waals surface area contributed by atoms with Crippen LogP contribution in [0.1, 0.15) is 32.1 Å². The van der Waals surface area contributed by atoms with Crippen LogP contribution in [0.2, 0.25) is 0 Å². The molecule has 1 aromatic rings. The second-order valence-corrected chi connectivity index (χ2v) is 7.51. The number of rotatable bonds is 5. The number of anilines is 2. The quantitative estimate of drug-likeness (QED) is 0.367.